The van der Waals surface area contributed by atoms with Gasteiger partial charge in [-0.25, -0.2) is 4.39 Å². The number of hydrogen-bond donors (Lipinski definition) is 1. The molecule has 1 aliphatic carbocycles. The lowest BCUT2D eigenvalue weighted by molar-refractivity contribution is 0.131. The fraction of sp³-hybridized carbons (Fsp3) is 0.667. The van der Waals surface area contributed by atoms with Crippen molar-refractivity contribution in [3.8, 4) is 0 Å². The van der Waals surface area contributed by atoms with Crippen LogP contribution in [0.4, 0.5) is 4.39 Å². The van der Waals surface area contributed by atoms with Crippen molar-refractivity contribution < 1.29 is 4.39 Å². The zero-order chi connectivity index (χ0) is 14.8. The van der Waals surface area contributed by atoms with Gasteiger partial charge in [0.2, 0.25) is 0 Å². The van der Waals surface area contributed by atoms with E-state index in [0.29, 0.717) is 12.0 Å². The lowest BCUT2D eigenvalue weighted by atomic mass is 9.88. The molecule has 21 heavy (non-hydrogen) atoms. The third kappa shape index (κ3) is 4.04. The highest BCUT2D eigenvalue weighted by Gasteiger charge is 2.23. The summed E-state index contributed by atoms with van der Waals surface area (Å²) in [6, 6.07) is 6.29. The maximum atomic E-state index is 14.1. The van der Waals surface area contributed by atoms with Gasteiger partial charge in [-0.3, -0.25) is 4.90 Å². The predicted octanol–water partition coefficient (Wildman–Crippen LogP) is 3.56. The van der Waals surface area contributed by atoms with E-state index in [1.807, 2.05) is 12.1 Å². The number of nitrogens with one attached hydrogen (secondary N) is 1. The number of halogens is 1. The highest BCUT2D eigenvalue weighted by Crippen LogP contribution is 2.25. The summed E-state index contributed by atoms with van der Waals surface area (Å²) in [5.41, 5.74) is 2.06. The van der Waals surface area contributed by atoms with Crippen LogP contribution in [0.1, 0.15) is 44.2 Å². The molecule has 0 spiro atoms. The molecule has 1 aromatic carbocycles. The molecule has 1 aromatic rings. The Morgan fingerprint density at radius 1 is 1.19 bits per heavy atom. The van der Waals surface area contributed by atoms with Crippen molar-refractivity contribution in [3.63, 3.8) is 0 Å². The summed E-state index contributed by atoms with van der Waals surface area (Å²) >= 11 is 0. The zero-order valence-electron chi connectivity index (χ0n) is 13.2. The zero-order valence-corrected chi connectivity index (χ0v) is 13.2. The summed E-state index contributed by atoms with van der Waals surface area (Å²) in [7, 11) is 0. The number of hydrogen-bond acceptors (Lipinski definition) is 2. The SMILES string of the molecule is CC1CCN(Cc2cc(CNC3CC3)ccc2F)CC1C. The number of benzene rings is 1. The summed E-state index contributed by atoms with van der Waals surface area (Å²) in [6.07, 6.45) is 3.81. The van der Waals surface area contributed by atoms with Crippen LogP contribution in [0, 0.1) is 17.7 Å². The predicted molar refractivity (Wildman–Crippen MR) is 84.5 cm³/mol. The Morgan fingerprint density at radius 3 is 2.71 bits per heavy atom. The van der Waals surface area contributed by atoms with Crippen LogP contribution in [0.3, 0.4) is 0 Å². The second-order valence-electron chi connectivity index (χ2n) is 7.06. The quantitative estimate of drug-likeness (QED) is 0.892. The van der Waals surface area contributed by atoms with E-state index < -0.39 is 0 Å². The molecule has 2 nitrogen and oxygen atoms in total. The van der Waals surface area contributed by atoms with Crippen molar-refractivity contribution in [3.05, 3.63) is 35.1 Å². The topological polar surface area (TPSA) is 15.3 Å². The fourth-order valence-corrected chi connectivity index (χ4v) is 3.14. The van der Waals surface area contributed by atoms with Gasteiger partial charge in [0.05, 0.1) is 0 Å². The molecule has 116 valence electrons. The molecular weight excluding hydrogens is 263 g/mol. The summed E-state index contributed by atoms with van der Waals surface area (Å²) < 4.78 is 14.1. The Balaban J connectivity index is 1.61. The van der Waals surface area contributed by atoms with E-state index in [1.165, 1.54) is 24.8 Å². The number of rotatable bonds is 5. The third-order valence-corrected chi connectivity index (χ3v) is 5.09. The number of piperidine rings is 1. The Bertz CT molecular complexity index is 484. The Hall–Kier alpha value is -0.930. The second kappa shape index (κ2) is 6.45. The molecule has 3 heteroatoms. The molecule has 0 aromatic heterocycles. The van der Waals surface area contributed by atoms with Crippen molar-refractivity contribution in [1.29, 1.82) is 0 Å². The van der Waals surface area contributed by atoms with Gasteiger partial charge in [0.1, 0.15) is 5.82 Å². The monoisotopic (exact) mass is 290 g/mol. The Kier molecular flexibility index (Phi) is 4.60. The Morgan fingerprint density at radius 2 is 2.00 bits per heavy atom. The highest BCUT2D eigenvalue weighted by molar-refractivity contribution is 5.25. The lowest BCUT2D eigenvalue weighted by Gasteiger charge is -2.35. The average Bonchev–Trinajstić information content (AvgIpc) is 3.28. The van der Waals surface area contributed by atoms with Crippen molar-refractivity contribution in [2.24, 2.45) is 11.8 Å². The van der Waals surface area contributed by atoms with Gasteiger partial charge in [0.25, 0.3) is 0 Å². The molecular formula is C18H27FN2. The maximum absolute atomic E-state index is 14.1. The molecule has 3 rings (SSSR count). The van der Waals surface area contributed by atoms with E-state index in [-0.39, 0.29) is 5.82 Å². The van der Waals surface area contributed by atoms with E-state index in [9.17, 15) is 4.39 Å². The van der Waals surface area contributed by atoms with Crippen LogP contribution in [0.15, 0.2) is 18.2 Å². The minimum atomic E-state index is -0.0588. The maximum Gasteiger partial charge on any atom is 0.127 e. The van der Waals surface area contributed by atoms with Crippen molar-refractivity contribution in [2.75, 3.05) is 13.1 Å². The highest BCUT2D eigenvalue weighted by atomic mass is 19.1. The largest absolute Gasteiger partial charge is 0.310 e. The van der Waals surface area contributed by atoms with Gasteiger partial charge >= 0.3 is 0 Å². The van der Waals surface area contributed by atoms with Gasteiger partial charge in [-0.2, -0.15) is 0 Å². The van der Waals surface area contributed by atoms with Crippen LogP contribution in [0.2, 0.25) is 0 Å². The van der Waals surface area contributed by atoms with Gasteiger partial charge in [0.15, 0.2) is 0 Å². The first kappa shape index (κ1) is 15.0. The molecule has 2 fully saturated rings. The molecule has 1 heterocycles. The number of nitrogens with zero attached hydrogens (tertiary/aromatic N) is 1. The molecule has 1 saturated carbocycles. The van der Waals surface area contributed by atoms with E-state index >= 15 is 0 Å². The molecule has 1 aliphatic heterocycles. The summed E-state index contributed by atoms with van der Waals surface area (Å²) in [6.45, 7) is 8.43. The summed E-state index contributed by atoms with van der Waals surface area (Å²) in [5.74, 6) is 1.44. The van der Waals surface area contributed by atoms with Crippen LogP contribution in [-0.4, -0.2) is 24.0 Å². The first-order valence-corrected chi connectivity index (χ1v) is 8.35. The molecule has 0 bridgehead atoms. The van der Waals surface area contributed by atoms with Crippen LogP contribution in [-0.2, 0) is 13.1 Å². The first-order chi connectivity index (χ1) is 10.1. The molecule has 2 unspecified atom stereocenters. The molecule has 0 radical (unpaired) electrons. The Labute approximate surface area is 127 Å². The third-order valence-electron chi connectivity index (χ3n) is 5.09. The van der Waals surface area contributed by atoms with Crippen molar-refractivity contribution in [1.82, 2.24) is 10.2 Å². The molecule has 2 aliphatic rings. The van der Waals surface area contributed by atoms with Gasteiger partial charge in [-0.15, -0.1) is 0 Å². The molecule has 0 amide bonds. The van der Waals surface area contributed by atoms with Gasteiger partial charge in [-0.1, -0.05) is 26.0 Å². The van der Waals surface area contributed by atoms with E-state index in [2.05, 4.69) is 24.1 Å². The van der Waals surface area contributed by atoms with Crippen LogP contribution < -0.4 is 5.32 Å². The smallest absolute Gasteiger partial charge is 0.127 e. The van der Waals surface area contributed by atoms with Gasteiger partial charge < -0.3 is 5.32 Å². The standard InChI is InChI=1S/C18H27FN2/c1-13-7-8-21(11-14(13)2)12-16-9-15(3-6-18(16)19)10-20-17-4-5-17/h3,6,9,13-14,17,20H,4-5,7-8,10-12H2,1-2H3. The molecule has 1 saturated heterocycles. The fourth-order valence-electron chi connectivity index (χ4n) is 3.14. The van der Waals surface area contributed by atoms with Crippen LogP contribution >= 0.6 is 0 Å². The minimum absolute atomic E-state index is 0.0588. The van der Waals surface area contributed by atoms with E-state index in [1.54, 1.807) is 6.07 Å². The lowest BCUT2D eigenvalue weighted by Crippen LogP contribution is -2.38. The summed E-state index contributed by atoms with van der Waals surface area (Å²) in [4.78, 5) is 2.40. The molecule has 2 atom stereocenters. The molecule has 1 N–H and O–H groups in total. The average molecular weight is 290 g/mol. The van der Waals surface area contributed by atoms with Crippen molar-refractivity contribution >= 4 is 0 Å². The van der Waals surface area contributed by atoms with Gasteiger partial charge in [0, 0.05) is 31.2 Å². The minimum Gasteiger partial charge on any atom is -0.310 e. The first-order valence-electron chi connectivity index (χ1n) is 8.35. The number of likely N-dealkylation sites (tertiary alicyclic amines) is 1. The second-order valence-corrected chi connectivity index (χ2v) is 7.06. The van der Waals surface area contributed by atoms with Crippen LogP contribution in [0.5, 0.6) is 0 Å². The van der Waals surface area contributed by atoms with Crippen molar-refractivity contribution in [2.45, 2.75) is 52.2 Å². The van der Waals surface area contributed by atoms with Gasteiger partial charge in [-0.05, 0) is 49.3 Å². The van der Waals surface area contributed by atoms with E-state index in [4.69, 9.17) is 0 Å². The normalized spacial score (nSPS) is 27.0. The van der Waals surface area contributed by atoms with Crippen LogP contribution in [0.25, 0.3) is 0 Å². The van der Waals surface area contributed by atoms with E-state index in [0.717, 1.165) is 37.7 Å². The summed E-state index contributed by atoms with van der Waals surface area (Å²) in [5, 5.41) is 3.50.